The molecule has 7 nitrogen and oxygen atoms in total. The van der Waals surface area contributed by atoms with Crippen LogP contribution in [-0.2, 0) is 4.74 Å². The van der Waals surface area contributed by atoms with Crippen LogP contribution in [0.5, 0.6) is 5.75 Å². The highest BCUT2D eigenvalue weighted by atomic mass is 35.5. The molecule has 3 heterocycles. The smallest absolute Gasteiger partial charge is 0.259 e. The van der Waals surface area contributed by atoms with Crippen molar-refractivity contribution in [3.05, 3.63) is 47.7 Å². The first kappa shape index (κ1) is 16.6. The van der Waals surface area contributed by atoms with Gasteiger partial charge in [0, 0.05) is 30.4 Å². The van der Waals surface area contributed by atoms with Crippen LogP contribution in [0.25, 0.3) is 33.9 Å². The minimum absolute atomic E-state index is 0.322. The Morgan fingerprint density at radius 1 is 1.19 bits per heavy atom. The molecule has 0 bridgehead atoms. The molecular formula is C18H15ClN4O3. The number of benzene rings is 1. The summed E-state index contributed by atoms with van der Waals surface area (Å²) in [6.07, 6.45) is 3.54. The van der Waals surface area contributed by atoms with Crippen molar-refractivity contribution in [3.8, 4) is 28.7 Å². The predicted octanol–water partition coefficient (Wildman–Crippen LogP) is 3.96. The van der Waals surface area contributed by atoms with E-state index in [4.69, 9.17) is 25.6 Å². The number of nitrogens with one attached hydrogen (secondary N) is 1. The van der Waals surface area contributed by atoms with Gasteiger partial charge in [-0.3, -0.25) is 4.98 Å². The summed E-state index contributed by atoms with van der Waals surface area (Å²) in [4.78, 5) is 11.9. The molecule has 0 saturated carbocycles. The van der Waals surface area contributed by atoms with Crippen molar-refractivity contribution >= 4 is 22.5 Å². The average molecular weight is 371 g/mol. The van der Waals surface area contributed by atoms with Crippen LogP contribution in [0.2, 0.25) is 5.02 Å². The van der Waals surface area contributed by atoms with E-state index in [-0.39, 0.29) is 0 Å². The maximum Gasteiger partial charge on any atom is 0.259 e. The average Bonchev–Trinajstić information content (AvgIpc) is 3.31. The summed E-state index contributed by atoms with van der Waals surface area (Å²) in [7, 11) is 1.62. The number of fused-ring (bicyclic) bond motifs is 1. The van der Waals surface area contributed by atoms with Gasteiger partial charge in [-0.1, -0.05) is 16.8 Å². The number of halogens is 1. The first-order chi connectivity index (χ1) is 12.8. The third-order valence-corrected chi connectivity index (χ3v) is 4.16. The highest BCUT2D eigenvalue weighted by Crippen LogP contribution is 2.32. The van der Waals surface area contributed by atoms with Crippen LogP contribution in [0.4, 0.5) is 0 Å². The third kappa shape index (κ3) is 3.14. The lowest BCUT2D eigenvalue weighted by molar-refractivity contribution is 0.146. The molecule has 0 aliphatic carbocycles. The molecule has 4 aromatic rings. The molecule has 0 amide bonds. The zero-order valence-electron chi connectivity index (χ0n) is 13.9. The molecule has 0 aliphatic heterocycles. The van der Waals surface area contributed by atoms with Gasteiger partial charge in [0.05, 0.1) is 17.2 Å². The van der Waals surface area contributed by atoms with Crippen molar-refractivity contribution in [1.29, 1.82) is 0 Å². The van der Waals surface area contributed by atoms with Crippen LogP contribution >= 0.6 is 11.6 Å². The van der Waals surface area contributed by atoms with E-state index < -0.39 is 0 Å². The maximum atomic E-state index is 6.35. The topological polar surface area (TPSA) is 86.1 Å². The van der Waals surface area contributed by atoms with E-state index in [0.717, 1.165) is 10.9 Å². The minimum atomic E-state index is 0.322. The van der Waals surface area contributed by atoms with Gasteiger partial charge in [-0.25, -0.2) is 0 Å². The summed E-state index contributed by atoms with van der Waals surface area (Å²) in [6.45, 7) is 0.952. The Kier molecular flexibility index (Phi) is 4.55. The Bertz CT molecular complexity index is 1040. The Morgan fingerprint density at radius 2 is 2.12 bits per heavy atom. The second-order valence-corrected chi connectivity index (χ2v) is 5.91. The molecule has 1 aromatic carbocycles. The largest absolute Gasteiger partial charge is 0.491 e. The lowest BCUT2D eigenvalue weighted by atomic mass is 10.2. The Hall–Kier alpha value is -2.90. The maximum absolute atomic E-state index is 6.35. The summed E-state index contributed by atoms with van der Waals surface area (Å²) in [5.74, 6) is 1.37. The molecule has 0 atom stereocenters. The molecule has 26 heavy (non-hydrogen) atoms. The number of H-pyrrole nitrogens is 1. The lowest BCUT2D eigenvalue weighted by Gasteiger charge is -2.06. The molecule has 0 radical (unpaired) electrons. The molecule has 0 unspecified atom stereocenters. The van der Waals surface area contributed by atoms with E-state index in [1.807, 2.05) is 18.3 Å². The van der Waals surface area contributed by atoms with Crippen LogP contribution in [-0.4, -0.2) is 40.4 Å². The van der Waals surface area contributed by atoms with E-state index in [1.165, 1.54) is 0 Å². The number of aromatic amines is 1. The zero-order chi connectivity index (χ0) is 17.9. The third-order valence-electron chi connectivity index (χ3n) is 3.84. The van der Waals surface area contributed by atoms with Crippen molar-refractivity contribution in [2.45, 2.75) is 0 Å². The van der Waals surface area contributed by atoms with Crippen LogP contribution < -0.4 is 4.74 Å². The second-order valence-electron chi connectivity index (χ2n) is 5.50. The normalized spacial score (nSPS) is 11.2. The van der Waals surface area contributed by atoms with Gasteiger partial charge in [-0.2, -0.15) is 4.98 Å². The molecule has 0 saturated heterocycles. The summed E-state index contributed by atoms with van der Waals surface area (Å²) >= 11 is 6.35. The van der Waals surface area contributed by atoms with Gasteiger partial charge in [-0.05, 0) is 30.3 Å². The highest BCUT2D eigenvalue weighted by molar-refractivity contribution is 6.33. The monoisotopic (exact) mass is 370 g/mol. The number of hydrogen-bond donors (Lipinski definition) is 1. The minimum Gasteiger partial charge on any atom is -0.491 e. The molecule has 4 rings (SSSR count). The molecule has 132 valence electrons. The van der Waals surface area contributed by atoms with Gasteiger partial charge in [-0.15, -0.1) is 0 Å². The van der Waals surface area contributed by atoms with Crippen molar-refractivity contribution in [2.75, 3.05) is 20.3 Å². The number of nitrogens with zero attached hydrogens (tertiary/aromatic N) is 3. The van der Waals surface area contributed by atoms with Crippen LogP contribution in [0.1, 0.15) is 0 Å². The van der Waals surface area contributed by atoms with Gasteiger partial charge in [0.1, 0.15) is 18.1 Å². The van der Waals surface area contributed by atoms with Crippen LogP contribution in [0, 0.1) is 0 Å². The summed E-state index contributed by atoms with van der Waals surface area (Å²) in [6, 6.07) is 9.10. The number of ether oxygens (including phenoxy) is 2. The number of hydrogen-bond acceptors (Lipinski definition) is 6. The number of methoxy groups -OCH3 is 1. The molecule has 0 spiro atoms. The van der Waals surface area contributed by atoms with E-state index >= 15 is 0 Å². The van der Waals surface area contributed by atoms with Crippen molar-refractivity contribution in [2.24, 2.45) is 0 Å². The van der Waals surface area contributed by atoms with E-state index in [0.29, 0.717) is 47.0 Å². The van der Waals surface area contributed by atoms with Gasteiger partial charge in [0.25, 0.3) is 5.89 Å². The van der Waals surface area contributed by atoms with Crippen molar-refractivity contribution < 1.29 is 14.0 Å². The first-order valence-corrected chi connectivity index (χ1v) is 8.32. The Labute approximate surface area is 153 Å². The molecule has 3 aromatic heterocycles. The summed E-state index contributed by atoms with van der Waals surface area (Å²) in [5, 5.41) is 5.43. The number of pyridine rings is 1. The van der Waals surface area contributed by atoms with Gasteiger partial charge < -0.3 is 19.0 Å². The molecular weight excluding hydrogens is 356 g/mol. The second kappa shape index (κ2) is 7.15. The number of aromatic nitrogens is 4. The summed E-state index contributed by atoms with van der Waals surface area (Å²) in [5.41, 5.74) is 2.23. The van der Waals surface area contributed by atoms with Gasteiger partial charge >= 0.3 is 0 Å². The molecule has 1 N–H and O–H groups in total. The van der Waals surface area contributed by atoms with Crippen LogP contribution in [0.15, 0.2) is 47.2 Å². The quantitative estimate of drug-likeness (QED) is 0.517. The lowest BCUT2D eigenvalue weighted by Crippen LogP contribution is -2.04. The van der Waals surface area contributed by atoms with Gasteiger partial charge in [0.2, 0.25) is 5.82 Å². The van der Waals surface area contributed by atoms with E-state index in [1.54, 1.807) is 31.5 Å². The molecule has 8 heteroatoms. The fourth-order valence-electron chi connectivity index (χ4n) is 2.59. The Balaban J connectivity index is 1.63. The SMILES string of the molecule is COCCOc1ccc(-c2nc(-c3nccc4[nH]ccc34)no2)c(Cl)c1. The standard InChI is InChI=1S/C18H15ClN4O3/c1-24-8-9-25-11-2-3-12(14(19)10-11)18-22-17(23-26-18)16-13-4-6-20-15(13)5-7-21-16/h2-7,10,20H,8-9H2,1H3. The van der Waals surface area contributed by atoms with E-state index in [9.17, 15) is 0 Å². The fraction of sp³-hybridized carbons (Fsp3) is 0.167. The molecule has 0 fully saturated rings. The predicted molar refractivity (Wildman–Crippen MR) is 97.2 cm³/mol. The summed E-state index contributed by atoms with van der Waals surface area (Å²) < 4.78 is 15.9. The molecule has 0 aliphatic rings. The van der Waals surface area contributed by atoms with Crippen molar-refractivity contribution in [3.63, 3.8) is 0 Å². The first-order valence-electron chi connectivity index (χ1n) is 7.94. The highest BCUT2D eigenvalue weighted by Gasteiger charge is 2.17. The fourth-order valence-corrected chi connectivity index (χ4v) is 2.84. The number of rotatable bonds is 6. The van der Waals surface area contributed by atoms with Crippen molar-refractivity contribution in [1.82, 2.24) is 20.1 Å². The van der Waals surface area contributed by atoms with Gasteiger partial charge in [0.15, 0.2) is 0 Å². The van der Waals surface area contributed by atoms with E-state index in [2.05, 4.69) is 20.1 Å². The Morgan fingerprint density at radius 3 is 2.96 bits per heavy atom. The zero-order valence-corrected chi connectivity index (χ0v) is 14.7. The van der Waals surface area contributed by atoms with Crippen LogP contribution in [0.3, 0.4) is 0 Å².